The van der Waals surface area contributed by atoms with Crippen molar-refractivity contribution >= 4 is 5.91 Å². The molecule has 0 radical (unpaired) electrons. The van der Waals surface area contributed by atoms with Gasteiger partial charge in [-0.2, -0.15) is 0 Å². The number of carbonyl (C=O) groups excluding carboxylic acids is 1. The van der Waals surface area contributed by atoms with Gasteiger partial charge in [0.05, 0.1) is 5.92 Å². The second-order valence-electron chi connectivity index (χ2n) is 5.76. The normalized spacial score (nSPS) is 28.2. The molecule has 1 unspecified atom stereocenters. The van der Waals surface area contributed by atoms with Crippen molar-refractivity contribution in [3.63, 3.8) is 0 Å². The number of hydrogen-bond donors (Lipinski definition) is 1. The van der Waals surface area contributed by atoms with Gasteiger partial charge in [-0.15, -0.1) is 0 Å². The number of piperidine rings is 2. The summed E-state index contributed by atoms with van der Waals surface area (Å²) in [4.78, 5) is 16.9. The van der Waals surface area contributed by atoms with E-state index >= 15 is 0 Å². The molecule has 2 saturated heterocycles. The second-order valence-corrected chi connectivity index (χ2v) is 5.76. The molecule has 2 heterocycles. The minimum absolute atomic E-state index is 0.221. The van der Waals surface area contributed by atoms with Crippen molar-refractivity contribution in [3.8, 4) is 0 Å². The molecular formula is C14H27N3O. The standard InChI is InChI=1S/C14H27N3O/c1-3-15-14(18)12-5-4-8-17(11-12)13-6-9-16(2)10-7-13/h12-13H,3-11H2,1-2H3,(H,15,18). The van der Waals surface area contributed by atoms with Crippen LogP contribution in [-0.4, -0.2) is 61.5 Å². The van der Waals surface area contributed by atoms with Crippen LogP contribution in [0.4, 0.5) is 0 Å². The fraction of sp³-hybridized carbons (Fsp3) is 0.929. The van der Waals surface area contributed by atoms with Gasteiger partial charge in [-0.3, -0.25) is 9.69 Å². The third-order valence-corrected chi connectivity index (χ3v) is 4.38. The first-order chi connectivity index (χ1) is 8.70. The summed E-state index contributed by atoms with van der Waals surface area (Å²) in [5.74, 6) is 0.480. The van der Waals surface area contributed by atoms with E-state index in [1.807, 2.05) is 6.92 Å². The van der Waals surface area contributed by atoms with E-state index < -0.39 is 0 Å². The Hall–Kier alpha value is -0.610. The van der Waals surface area contributed by atoms with Crippen LogP contribution in [0.3, 0.4) is 0 Å². The van der Waals surface area contributed by atoms with Gasteiger partial charge in [-0.05, 0) is 59.3 Å². The molecule has 18 heavy (non-hydrogen) atoms. The Kier molecular flexibility index (Phi) is 5.01. The zero-order chi connectivity index (χ0) is 13.0. The highest BCUT2D eigenvalue weighted by Gasteiger charge is 2.30. The van der Waals surface area contributed by atoms with E-state index in [0.717, 1.165) is 19.5 Å². The van der Waals surface area contributed by atoms with Gasteiger partial charge < -0.3 is 10.2 Å². The number of amides is 1. The highest BCUT2D eigenvalue weighted by atomic mass is 16.1. The maximum Gasteiger partial charge on any atom is 0.224 e. The van der Waals surface area contributed by atoms with Crippen LogP contribution in [0.15, 0.2) is 0 Å². The first-order valence-electron chi connectivity index (χ1n) is 7.41. The Morgan fingerprint density at radius 3 is 2.61 bits per heavy atom. The molecule has 1 amide bonds. The van der Waals surface area contributed by atoms with Crippen LogP contribution in [0.25, 0.3) is 0 Å². The summed E-state index contributed by atoms with van der Waals surface area (Å²) in [5, 5.41) is 2.97. The highest BCUT2D eigenvalue weighted by molar-refractivity contribution is 5.78. The Morgan fingerprint density at radius 2 is 1.94 bits per heavy atom. The maximum atomic E-state index is 11.9. The van der Waals surface area contributed by atoms with E-state index in [2.05, 4.69) is 22.2 Å². The van der Waals surface area contributed by atoms with Gasteiger partial charge >= 0.3 is 0 Å². The molecule has 0 bridgehead atoms. The van der Waals surface area contributed by atoms with Gasteiger partial charge in [0.2, 0.25) is 5.91 Å². The number of likely N-dealkylation sites (tertiary alicyclic amines) is 2. The molecule has 0 aliphatic carbocycles. The van der Waals surface area contributed by atoms with Gasteiger partial charge in [-0.25, -0.2) is 0 Å². The number of hydrogen-bond acceptors (Lipinski definition) is 3. The van der Waals surface area contributed by atoms with Crippen LogP contribution in [0, 0.1) is 5.92 Å². The van der Waals surface area contributed by atoms with Gasteiger partial charge in [-0.1, -0.05) is 0 Å². The SMILES string of the molecule is CCNC(=O)C1CCCN(C2CCN(C)CC2)C1. The molecule has 1 N–H and O–H groups in total. The summed E-state index contributed by atoms with van der Waals surface area (Å²) in [6, 6.07) is 0.707. The van der Waals surface area contributed by atoms with Gasteiger partial charge in [0.15, 0.2) is 0 Å². The molecule has 4 heteroatoms. The van der Waals surface area contributed by atoms with Gasteiger partial charge in [0.25, 0.3) is 0 Å². The maximum absolute atomic E-state index is 11.9. The molecular weight excluding hydrogens is 226 g/mol. The van der Waals surface area contributed by atoms with Crippen LogP contribution >= 0.6 is 0 Å². The molecule has 2 aliphatic rings. The fourth-order valence-corrected chi connectivity index (χ4v) is 3.23. The Labute approximate surface area is 111 Å². The first-order valence-corrected chi connectivity index (χ1v) is 7.41. The van der Waals surface area contributed by atoms with Crippen molar-refractivity contribution in [1.29, 1.82) is 0 Å². The summed E-state index contributed by atoms with van der Waals surface area (Å²) < 4.78 is 0. The first kappa shape index (κ1) is 13.8. The number of rotatable bonds is 3. The molecule has 0 aromatic heterocycles. The molecule has 104 valence electrons. The topological polar surface area (TPSA) is 35.6 Å². The molecule has 2 rings (SSSR count). The van der Waals surface area contributed by atoms with Crippen LogP contribution < -0.4 is 5.32 Å². The number of carbonyl (C=O) groups is 1. The van der Waals surface area contributed by atoms with E-state index in [9.17, 15) is 4.79 Å². The Balaban J connectivity index is 1.84. The smallest absolute Gasteiger partial charge is 0.224 e. The van der Waals surface area contributed by atoms with Crippen molar-refractivity contribution in [2.24, 2.45) is 5.92 Å². The molecule has 0 aromatic rings. The van der Waals surface area contributed by atoms with Gasteiger partial charge in [0.1, 0.15) is 0 Å². The molecule has 4 nitrogen and oxygen atoms in total. The lowest BCUT2D eigenvalue weighted by molar-refractivity contribution is -0.127. The average Bonchev–Trinajstić information content (AvgIpc) is 2.40. The summed E-state index contributed by atoms with van der Waals surface area (Å²) >= 11 is 0. The predicted octanol–water partition coefficient (Wildman–Crippen LogP) is 0.929. The van der Waals surface area contributed by atoms with Crippen LogP contribution in [0.2, 0.25) is 0 Å². The largest absolute Gasteiger partial charge is 0.356 e. The zero-order valence-electron chi connectivity index (χ0n) is 11.8. The number of nitrogens with one attached hydrogen (secondary N) is 1. The minimum Gasteiger partial charge on any atom is -0.356 e. The fourth-order valence-electron chi connectivity index (χ4n) is 3.23. The van der Waals surface area contributed by atoms with Crippen molar-refractivity contribution in [2.45, 2.75) is 38.6 Å². The quantitative estimate of drug-likeness (QED) is 0.813. The van der Waals surface area contributed by atoms with E-state index in [1.165, 1.54) is 38.9 Å². The summed E-state index contributed by atoms with van der Waals surface area (Å²) in [5.41, 5.74) is 0. The van der Waals surface area contributed by atoms with E-state index in [1.54, 1.807) is 0 Å². The van der Waals surface area contributed by atoms with Crippen LogP contribution in [-0.2, 0) is 4.79 Å². The summed E-state index contributed by atoms with van der Waals surface area (Å²) in [7, 11) is 2.20. The lowest BCUT2D eigenvalue weighted by Crippen LogP contribution is -2.50. The van der Waals surface area contributed by atoms with Crippen molar-refractivity contribution in [3.05, 3.63) is 0 Å². The zero-order valence-corrected chi connectivity index (χ0v) is 11.8. The lowest BCUT2D eigenvalue weighted by atomic mass is 9.93. The molecule has 0 spiro atoms. The third-order valence-electron chi connectivity index (χ3n) is 4.38. The third kappa shape index (κ3) is 3.45. The molecule has 0 aromatic carbocycles. The van der Waals surface area contributed by atoms with E-state index in [-0.39, 0.29) is 11.8 Å². The molecule has 1 atom stereocenters. The van der Waals surface area contributed by atoms with Crippen molar-refractivity contribution in [1.82, 2.24) is 15.1 Å². The number of nitrogens with zero attached hydrogens (tertiary/aromatic N) is 2. The average molecular weight is 253 g/mol. The Bertz CT molecular complexity index is 274. The van der Waals surface area contributed by atoms with E-state index in [0.29, 0.717) is 6.04 Å². The summed E-state index contributed by atoms with van der Waals surface area (Å²) in [6.07, 6.45) is 4.76. The molecule has 2 fully saturated rings. The second kappa shape index (κ2) is 6.53. The highest BCUT2D eigenvalue weighted by Crippen LogP contribution is 2.23. The van der Waals surface area contributed by atoms with Crippen LogP contribution in [0.1, 0.15) is 32.6 Å². The van der Waals surface area contributed by atoms with Crippen molar-refractivity contribution in [2.75, 3.05) is 39.8 Å². The molecule has 0 saturated carbocycles. The minimum atomic E-state index is 0.221. The lowest BCUT2D eigenvalue weighted by Gasteiger charge is -2.41. The van der Waals surface area contributed by atoms with Crippen molar-refractivity contribution < 1.29 is 4.79 Å². The monoisotopic (exact) mass is 253 g/mol. The summed E-state index contributed by atoms with van der Waals surface area (Å²) in [6.45, 7) is 7.31. The molecule has 2 aliphatic heterocycles. The Morgan fingerprint density at radius 1 is 1.22 bits per heavy atom. The van der Waals surface area contributed by atoms with Crippen LogP contribution in [0.5, 0.6) is 0 Å². The van der Waals surface area contributed by atoms with Gasteiger partial charge in [0, 0.05) is 19.1 Å². The predicted molar refractivity (Wildman–Crippen MR) is 73.5 cm³/mol. The van der Waals surface area contributed by atoms with E-state index in [4.69, 9.17) is 0 Å².